The van der Waals surface area contributed by atoms with Crippen LogP contribution in [0.25, 0.3) is 0 Å². The van der Waals surface area contributed by atoms with Gasteiger partial charge in [0.15, 0.2) is 0 Å². The Morgan fingerprint density at radius 1 is 1.20 bits per heavy atom. The van der Waals surface area contributed by atoms with Gasteiger partial charge in [-0.25, -0.2) is 0 Å². The molecule has 2 nitrogen and oxygen atoms in total. The molecule has 0 saturated heterocycles. The van der Waals surface area contributed by atoms with Gasteiger partial charge in [-0.3, -0.25) is 4.90 Å². The molecule has 0 bridgehead atoms. The molecule has 0 radical (unpaired) electrons. The van der Waals surface area contributed by atoms with Gasteiger partial charge in [-0.05, 0) is 29.9 Å². The maximum Gasteiger partial charge on any atom is 0.0802 e. The summed E-state index contributed by atoms with van der Waals surface area (Å²) in [6, 6.07) is 8.21. The van der Waals surface area contributed by atoms with Crippen LogP contribution in [0, 0.1) is 0 Å². The zero-order chi connectivity index (χ0) is 14.8. The van der Waals surface area contributed by atoms with E-state index in [0.717, 1.165) is 37.4 Å². The van der Waals surface area contributed by atoms with E-state index in [0.29, 0.717) is 0 Å². The average molecular weight is 291 g/mol. The smallest absolute Gasteiger partial charge is 0.0802 e. The molecular formula is C17H25NOS. The first-order chi connectivity index (χ1) is 9.71. The Balaban J connectivity index is 2.50. The van der Waals surface area contributed by atoms with E-state index in [1.807, 2.05) is 36.0 Å². The van der Waals surface area contributed by atoms with Gasteiger partial charge in [-0.2, -0.15) is 0 Å². The van der Waals surface area contributed by atoms with Crippen molar-refractivity contribution in [3.05, 3.63) is 55.1 Å². The molecule has 0 saturated carbocycles. The average Bonchev–Trinajstić information content (AvgIpc) is 2.46. The van der Waals surface area contributed by atoms with E-state index < -0.39 is 6.10 Å². The second-order valence-electron chi connectivity index (χ2n) is 4.64. The van der Waals surface area contributed by atoms with Crippen LogP contribution in [0.15, 0.2) is 54.5 Å². The van der Waals surface area contributed by atoms with Gasteiger partial charge in [-0.15, -0.1) is 24.9 Å². The fourth-order valence-electron chi connectivity index (χ4n) is 2.05. The summed E-state index contributed by atoms with van der Waals surface area (Å²) in [5, 5.41) is 10.2. The topological polar surface area (TPSA) is 23.5 Å². The monoisotopic (exact) mass is 291 g/mol. The first-order valence-corrected chi connectivity index (χ1v) is 8.04. The molecule has 110 valence electrons. The van der Waals surface area contributed by atoms with E-state index in [1.165, 1.54) is 4.90 Å². The van der Waals surface area contributed by atoms with Crippen LogP contribution in [0.3, 0.4) is 0 Å². The quantitative estimate of drug-likeness (QED) is 0.522. The zero-order valence-corrected chi connectivity index (χ0v) is 13.1. The summed E-state index contributed by atoms with van der Waals surface area (Å²) < 4.78 is 0. The molecule has 1 aromatic carbocycles. The highest BCUT2D eigenvalue weighted by atomic mass is 32.2. The van der Waals surface area contributed by atoms with Crippen LogP contribution in [-0.4, -0.2) is 35.4 Å². The van der Waals surface area contributed by atoms with E-state index in [2.05, 4.69) is 37.1 Å². The van der Waals surface area contributed by atoms with Gasteiger partial charge in [0.25, 0.3) is 0 Å². The van der Waals surface area contributed by atoms with Gasteiger partial charge in [0.05, 0.1) is 6.10 Å². The van der Waals surface area contributed by atoms with Gasteiger partial charge in [-0.1, -0.05) is 31.2 Å². The molecule has 1 unspecified atom stereocenters. The molecule has 0 aliphatic carbocycles. The molecule has 0 spiro atoms. The molecule has 1 N–H and O–H groups in total. The molecule has 0 amide bonds. The van der Waals surface area contributed by atoms with Crippen molar-refractivity contribution in [1.29, 1.82) is 0 Å². The lowest BCUT2D eigenvalue weighted by molar-refractivity contribution is 0.148. The molecule has 0 fully saturated rings. The van der Waals surface area contributed by atoms with Crippen molar-refractivity contribution in [2.24, 2.45) is 0 Å². The van der Waals surface area contributed by atoms with Crippen molar-refractivity contribution in [3.63, 3.8) is 0 Å². The first-order valence-electron chi connectivity index (χ1n) is 7.06. The molecule has 0 aromatic heterocycles. The van der Waals surface area contributed by atoms with Crippen LogP contribution < -0.4 is 0 Å². The van der Waals surface area contributed by atoms with Gasteiger partial charge < -0.3 is 5.11 Å². The number of hydrogen-bond donors (Lipinski definition) is 1. The highest BCUT2D eigenvalue weighted by Gasteiger charge is 2.09. The van der Waals surface area contributed by atoms with Gasteiger partial charge in [0.2, 0.25) is 0 Å². The molecule has 0 aliphatic heterocycles. The van der Waals surface area contributed by atoms with Crippen LogP contribution in [0.1, 0.15) is 25.0 Å². The lowest BCUT2D eigenvalue weighted by atomic mass is 10.1. The van der Waals surface area contributed by atoms with Crippen LogP contribution >= 0.6 is 11.8 Å². The van der Waals surface area contributed by atoms with Crippen molar-refractivity contribution in [2.75, 3.05) is 25.4 Å². The van der Waals surface area contributed by atoms with Crippen molar-refractivity contribution >= 4 is 11.8 Å². The molecule has 1 atom stereocenters. The third-order valence-corrected chi connectivity index (χ3v) is 3.96. The number of benzene rings is 1. The van der Waals surface area contributed by atoms with Crippen molar-refractivity contribution in [2.45, 2.75) is 24.3 Å². The van der Waals surface area contributed by atoms with Crippen LogP contribution in [0.4, 0.5) is 0 Å². The number of aliphatic hydroxyl groups excluding tert-OH is 1. The molecule has 20 heavy (non-hydrogen) atoms. The lowest BCUT2D eigenvalue weighted by Crippen LogP contribution is -2.26. The van der Waals surface area contributed by atoms with E-state index >= 15 is 0 Å². The van der Waals surface area contributed by atoms with E-state index in [1.54, 1.807) is 0 Å². The summed E-state index contributed by atoms with van der Waals surface area (Å²) in [5.41, 5.74) is 0.989. The maximum atomic E-state index is 10.2. The minimum atomic E-state index is -0.409. The first kappa shape index (κ1) is 17.0. The number of nitrogens with zero attached hydrogens (tertiary/aromatic N) is 1. The summed E-state index contributed by atoms with van der Waals surface area (Å²) in [4.78, 5) is 3.47. The minimum absolute atomic E-state index is 0.409. The van der Waals surface area contributed by atoms with E-state index in [4.69, 9.17) is 0 Å². The Bertz CT molecular complexity index is 392. The van der Waals surface area contributed by atoms with Crippen molar-refractivity contribution in [3.8, 4) is 0 Å². The van der Waals surface area contributed by atoms with Crippen molar-refractivity contribution in [1.82, 2.24) is 4.90 Å². The van der Waals surface area contributed by atoms with E-state index in [9.17, 15) is 5.11 Å². The summed E-state index contributed by atoms with van der Waals surface area (Å²) >= 11 is 1.82. The molecule has 0 aliphatic rings. The van der Waals surface area contributed by atoms with Crippen LogP contribution in [0.5, 0.6) is 0 Å². The second-order valence-corrected chi connectivity index (χ2v) is 5.98. The number of thioether (sulfide) groups is 1. The van der Waals surface area contributed by atoms with Crippen LogP contribution in [0.2, 0.25) is 0 Å². The van der Waals surface area contributed by atoms with Gasteiger partial charge in [0.1, 0.15) is 0 Å². The predicted molar refractivity (Wildman–Crippen MR) is 89.3 cm³/mol. The number of aliphatic hydroxyl groups is 1. The highest BCUT2D eigenvalue weighted by molar-refractivity contribution is 7.99. The van der Waals surface area contributed by atoms with Gasteiger partial charge in [0, 0.05) is 24.5 Å². The Hall–Kier alpha value is -1.03. The second kappa shape index (κ2) is 9.81. The molecule has 3 heteroatoms. The normalized spacial score (nSPS) is 12.3. The Kier molecular flexibility index (Phi) is 8.35. The van der Waals surface area contributed by atoms with Crippen LogP contribution in [-0.2, 0) is 0 Å². The standard InChI is InChI=1S/C17H25NOS/c1-4-12-18(13-5-2)14-11-17(19)15-7-9-16(10-8-15)20-6-3/h4-5,7-10,17,19H,1-2,6,11-14H2,3H3. The highest BCUT2D eigenvalue weighted by Crippen LogP contribution is 2.22. The third kappa shape index (κ3) is 5.95. The Labute approximate surface area is 127 Å². The number of hydrogen-bond acceptors (Lipinski definition) is 3. The molecule has 0 heterocycles. The summed E-state index contributed by atoms with van der Waals surface area (Å²) in [5.74, 6) is 1.07. The van der Waals surface area contributed by atoms with E-state index in [-0.39, 0.29) is 0 Å². The summed E-state index contributed by atoms with van der Waals surface area (Å²) in [6.07, 6.45) is 4.08. The Morgan fingerprint density at radius 3 is 2.30 bits per heavy atom. The third-order valence-electron chi connectivity index (χ3n) is 3.07. The zero-order valence-electron chi connectivity index (χ0n) is 12.3. The van der Waals surface area contributed by atoms with Crippen molar-refractivity contribution < 1.29 is 5.11 Å². The number of rotatable bonds is 10. The fourth-order valence-corrected chi connectivity index (χ4v) is 2.71. The maximum absolute atomic E-state index is 10.2. The lowest BCUT2D eigenvalue weighted by Gasteiger charge is -2.20. The SMILES string of the molecule is C=CCN(CC=C)CCC(O)c1ccc(SCC)cc1. The van der Waals surface area contributed by atoms with Gasteiger partial charge >= 0.3 is 0 Å². The summed E-state index contributed by atoms with van der Waals surface area (Å²) in [6.45, 7) is 12.1. The predicted octanol–water partition coefficient (Wildman–Crippen LogP) is 3.90. The summed E-state index contributed by atoms with van der Waals surface area (Å²) in [7, 11) is 0. The minimum Gasteiger partial charge on any atom is -0.388 e. The molecule has 1 rings (SSSR count). The largest absolute Gasteiger partial charge is 0.388 e. The molecular weight excluding hydrogens is 266 g/mol. The fraction of sp³-hybridized carbons (Fsp3) is 0.412. The Morgan fingerprint density at radius 2 is 1.80 bits per heavy atom. The molecule has 1 aromatic rings.